The summed E-state index contributed by atoms with van der Waals surface area (Å²) in [4.78, 5) is 22.7. The van der Waals surface area contributed by atoms with Crippen LogP contribution in [0.15, 0.2) is 12.1 Å². The number of carbonyl (C=O) groups is 1. The Morgan fingerprint density at radius 2 is 2.14 bits per heavy atom. The molecule has 8 heteroatoms. The lowest BCUT2D eigenvalue weighted by Gasteiger charge is -2.12. The van der Waals surface area contributed by atoms with Crippen LogP contribution in [0.4, 0.5) is 5.69 Å². The highest BCUT2D eigenvalue weighted by Gasteiger charge is 2.24. The van der Waals surface area contributed by atoms with Crippen molar-refractivity contribution in [2.24, 2.45) is 5.73 Å². The molecule has 1 aromatic rings. The molecule has 1 unspecified atom stereocenters. The first kappa shape index (κ1) is 17.7. The van der Waals surface area contributed by atoms with Gasteiger partial charge in [0.25, 0.3) is 11.6 Å². The molecule has 0 aromatic heterocycles. The molecule has 1 rings (SSSR count). The Kier molecular flexibility index (Phi) is 6.58. The van der Waals surface area contributed by atoms with Crippen LogP contribution in [0.2, 0.25) is 0 Å². The van der Waals surface area contributed by atoms with Gasteiger partial charge in [0.2, 0.25) is 0 Å². The molecule has 1 amide bonds. The minimum atomic E-state index is -0.626. The lowest BCUT2D eigenvalue weighted by Crippen LogP contribution is -2.29. The molecule has 8 nitrogen and oxygen atoms in total. The summed E-state index contributed by atoms with van der Waals surface area (Å²) >= 11 is 0. The fraction of sp³-hybridized carbons (Fsp3) is 0.500. The zero-order chi connectivity index (χ0) is 16.7. The fourth-order valence-electron chi connectivity index (χ4n) is 1.82. The Bertz CT molecular complexity index is 546. The first-order chi connectivity index (χ1) is 10.4. The summed E-state index contributed by atoms with van der Waals surface area (Å²) in [6, 6.07) is 2.44. The van der Waals surface area contributed by atoms with E-state index in [4.69, 9.17) is 15.2 Å². The Morgan fingerprint density at radius 3 is 2.64 bits per heavy atom. The first-order valence-electron chi connectivity index (χ1n) is 6.93. The number of nitrogens with two attached hydrogens (primary N) is 1. The highest BCUT2D eigenvalue weighted by molar-refractivity contribution is 5.99. The SMILES string of the molecule is CCOc1cc(C(=O)NCCC(C)N)c([N+](=O)[O-])cc1OC. The maximum Gasteiger partial charge on any atom is 0.286 e. The Labute approximate surface area is 128 Å². The summed E-state index contributed by atoms with van der Waals surface area (Å²) in [5.74, 6) is -0.0513. The summed E-state index contributed by atoms with van der Waals surface area (Å²) in [6.45, 7) is 4.27. The number of rotatable bonds is 8. The zero-order valence-corrected chi connectivity index (χ0v) is 12.9. The molecule has 0 radical (unpaired) electrons. The van der Waals surface area contributed by atoms with Crippen LogP contribution < -0.4 is 20.5 Å². The smallest absolute Gasteiger partial charge is 0.286 e. The van der Waals surface area contributed by atoms with Crippen molar-refractivity contribution >= 4 is 11.6 Å². The highest BCUT2D eigenvalue weighted by atomic mass is 16.6. The van der Waals surface area contributed by atoms with Gasteiger partial charge < -0.3 is 20.5 Å². The van der Waals surface area contributed by atoms with E-state index in [-0.39, 0.29) is 28.8 Å². The van der Waals surface area contributed by atoms with E-state index in [2.05, 4.69) is 5.32 Å². The largest absolute Gasteiger partial charge is 0.493 e. The van der Waals surface area contributed by atoms with Crippen LogP contribution in [0, 0.1) is 10.1 Å². The molecule has 122 valence electrons. The summed E-state index contributed by atoms with van der Waals surface area (Å²) in [6.07, 6.45) is 0.577. The quantitative estimate of drug-likeness (QED) is 0.554. The molecular formula is C14H21N3O5. The molecule has 3 N–H and O–H groups in total. The molecule has 0 saturated heterocycles. The van der Waals surface area contributed by atoms with Crippen LogP contribution in [0.25, 0.3) is 0 Å². The van der Waals surface area contributed by atoms with Crippen LogP contribution in [0.1, 0.15) is 30.6 Å². The topological polar surface area (TPSA) is 117 Å². The van der Waals surface area contributed by atoms with Crippen molar-refractivity contribution in [3.05, 3.63) is 27.8 Å². The van der Waals surface area contributed by atoms with Crippen LogP contribution >= 0.6 is 0 Å². The van der Waals surface area contributed by atoms with Crippen molar-refractivity contribution in [3.63, 3.8) is 0 Å². The Hall–Kier alpha value is -2.35. The fourth-order valence-corrected chi connectivity index (χ4v) is 1.82. The van der Waals surface area contributed by atoms with Crippen LogP contribution in [0.3, 0.4) is 0 Å². The number of methoxy groups -OCH3 is 1. The van der Waals surface area contributed by atoms with Gasteiger partial charge in [0.1, 0.15) is 5.56 Å². The van der Waals surface area contributed by atoms with Crippen molar-refractivity contribution < 1.29 is 19.2 Å². The standard InChI is InChI=1S/C14H21N3O5/c1-4-22-13-7-10(14(18)16-6-5-9(2)15)11(17(19)20)8-12(13)21-3/h7-9H,4-6,15H2,1-3H3,(H,16,18). The lowest BCUT2D eigenvalue weighted by atomic mass is 10.1. The maximum absolute atomic E-state index is 12.2. The van der Waals surface area contributed by atoms with Crippen molar-refractivity contribution in [3.8, 4) is 11.5 Å². The second-order valence-corrected chi connectivity index (χ2v) is 4.73. The normalized spacial score (nSPS) is 11.6. The number of amides is 1. The Balaban J connectivity index is 3.11. The van der Waals surface area contributed by atoms with Gasteiger partial charge in [0, 0.05) is 18.7 Å². The van der Waals surface area contributed by atoms with Gasteiger partial charge in [-0.05, 0) is 20.3 Å². The van der Waals surface area contributed by atoms with Crippen molar-refractivity contribution in [1.29, 1.82) is 0 Å². The van der Waals surface area contributed by atoms with Crippen molar-refractivity contribution in [1.82, 2.24) is 5.32 Å². The minimum Gasteiger partial charge on any atom is -0.493 e. The third-order valence-corrected chi connectivity index (χ3v) is 2.91. The molecule has 0 spiro atoms. The number of nitrogens with one attached hydrogen (secondary N) is 1. The molecule has 1 aromatic carbocycles. The van der Waals surface area contributed by atoms with E-state index < -0.39 is 10.8 Å². The van der Waals surface area contributed by atoms with Gasteiger partial charge in [-0.25, -0.2) is 0 Å². The molecule has 0 heterocycles. The number of hydrogen-bond acceptors (Lipinski definition) is 6. The van der Waals surface area contributed by atoms with Crippen molar-refractivity contribution in [2.75, 3.05) is 20.3 Å². The van der Waals surface area contributed by atoms with E-state index in [9.17, 15) is 14.9 Å². The number of hydrogen-bond donors (Lipinski definition) is 2. The number of nitro groups is 1. The summed E-state index contributed by atoms with van der Waals surface area (Å²) < 4.78 is 10.4. The lowest BCUT2D eigenvalue weighted by molar-refractivity contribution is -0.385. The number of nitro benzene ring substituents is 1. The second-order valence-electron chi connectivity index (χ2n) is 4.73. The molecule has 0 saturated carbocycles. The van der Waals surface area contributed by atoms with Gasteiger partial charge in [0.05, 0.1) is 24.7 Å². The predicted molar refractivity (Wildman–Crippen MR) is 81.4 cm³/mol. The molecular weight excluding hydrogens is 290 g/mol. The van der Waals surface area contributed by atoms with E-state index >= 15 is 0 Å². The first-order valence-corrected chi connectivity index (χ1v) is 6.93. The third-order valence-electron chi connectivity index (χ3n) is 2.91. The van der Waals surface area contributed by atoms with Gasteiger partial charge in [-0.3, -0.25) is 14.9 Å². The van der Waals surface area contributed by atoms with E-state index in [1.165, 1.54) is 19.2 Å². The van der Waals surface area contributed by atoms with Gasteiger partial charge in [-0.2, -0.15) is 0 Å². The summed E-state index contributed by atoms with van der Waals surface area (Å²) in [5.41, 5.74) is 5.20. The van der Waals surface area contributed by atoms with E-state index in [0.29, 0.717) is 19.6 Å². The summed E-state index contributed by atoms with van der Waals surface area (Å²) in [7, 11) is 1.38. The maximum atomic E-state index is 12.2. The Morgan fingerprint density at radius 1 is 1.45 bits per heavy atom. The molecule has 0 bridgehead atoms. The monoisotopic (exact) mass is 311 g/mol. The molecule has 1 atom stereocenters. The molecule has 22 heavy (non-hydrogen) atoms. The van der Waals surface area contributed by atoms with Gasteiger partial charge in [-0.15, -0.1) is 0 Å². The minimum absolute atomic E-state index is 0.0647. The van der Waals surface area contributed by atoms with Crippen LogP contribution in [-0.2, 0) is 0 Å². The number of ether oxygens (including phenoxy) is 2. The predicted octanol–water partition coefficient (Wildman–Crippen LogP) is 1.47. The molecule has 0 aliphatic rings. The van der Waals surface area contributed by atoms with E-state index in [1.54, 1.807) is 6.92 Å². The number of nitrogens with zero attached hydrogens (tertiary/aromatic N) is 1. The van der Waals surface area contributed by atoms with Crippen LogP contribution in [-0.4, -0.2) is 37.1 Å². The molecule has 0 aliphatic heterocycles. The van der Waals surface area contributed by atoms with E-state index in [0.717, 1.165) is 0 Å². The third kappa shape index (κ3) is 4.59. The average molecular weight is 311 g/mol. The van der Waals surface area contributed by atoms with Crippen LogP contribution in [0.5, 0.6) is 11.5 Å². The molecule has 0 fully saturated rings. The van der Waals surface area contributed by atoms with Crippen molar-refractivity contribution in [2.45, 2.75) is 26.3 Å². The average Bonchev–Trinajstić information content (AvgIpc) is 2.46. The zero-order valence-electron chi connectivity index (χ0n) is 12.9. The molecule has 0 aliphatic carbocycles. The second kappa shape index (κ2) is 8.18. The number of benzene rings is 1. The highest BCUT2D eigenvalue weighted by Crippen LogP contribution is 2.34. The van der Waals surface area contributed by atoms with E-state index in [1.807, 2.05) is 6.92 Å². The van der Waals surface area contributed by atoms with Gasteiger partial charge in [0.15, 0.2) is 11.5 Å². The van der Waals surface area contributed by atoms with Gasteiger partial charge >= 0.3 is 0 Å². The van der Waals surface area contributed by atoms with Gasteiger partial charge in [-0.1, -0.05) is 0 Å². The summed E-state index contributed by atoms with van der Waals surface area (Å²) in [5, 5.41) is 13.8. The number of carbonyl (C=O) groups excluding carboxylic acids is 1.